The van der Waals surface area contributed by atoms with Gasteiger partial charge in [-0.1, -0.05) is 33.1 Å². The SMILES string of the molecule is C.C.Cc1c(C)c(C)c(S(=O)(=O)N[C@@H](Cc2nc3ccc(/C=C/CNC4=NCCN4)cc3c(=O)[nH]2)C(=O)O)c(C)c1C. The van der Waals surface area contributed by atoms with Gasteiger partial charge in [-0.3, -0.25) is 14.6 Å². The Morgan fingerprint density at radius 2 is 1.71 bits per heavy atom. The molecule has 228 valence electrons. The smallest absolute Gasteiger partial charge is 0.322 e. The van der Waals surface area contributed by atoms with Crippen LogP contribution in [-0.2, 0) is 21.2 Å². The minimum Gasteiger partial charge on any atom is -0.480 e. The molecule has 11 nitrogen and oxygen atoms in total. The van der Waals surface area contributed by atoms with Crippen molar-refractivity contribution in [3.8, 4) is 0 Å². The molecule has 1 aromatic heterocycles. The molecular formula is C30H42N6O5S. The van der Waals surface area contributed by atoms with Gasteiger partial charge in [-0.25, -0.2) is 13.4 Å². The molecule has 0 saturated carbocycles. The van der Waals surface area contributed by atoms with Crippen molar-refractivity contribution in [1.29, 1.82) is 0 Å². The van der Waals surface area contributed by atoms with E-state index in [1.807, 2.05) is 32.9 Å². The number of carboxylic acids is 1. The van der Waals surface area contributed by atoms with Crippen LogP contribution in [0.4, 0.5) is 0 Å². The average Bonchev–Trinajstić information content (AvgIpc) is 3.42. The molecule has 12 heteroatoms. The van der Waals surface area contributed by atoms with Crippen molar-refractivity contribution < 1.29 is 18.3 Å². The fourth-order valence-corrected chi connectivity index (χ4v) is 6.55. The number of H-pyrrole nitrogens is 1. The zero-order chi connectivity index (χ0) is 29.2. The van der Waals surface area contributed by atoms with Gasteiger partial charge in [0.25, 0.3) is 5.56 Å². The van der Waals surface area contributed by atoms with Gasteiger partial charge in [0, 0.05) is 19.5 Å². The molecule has 2 aromatic carbocycles. The second kappa shape index (κ2) is 13.8. The molecule has 0 spiro atoms. The lowest BCUT2D eigenvalue weighted by Gasteiger charge is -2.21. The molecule has 0 amide bonds. The molecule has 0 unspecified atom stereocenters. The van der Waals surface area contributed by atoms with Gasteiger partial charge in [-0.15, -0.1) is 0 Å². The van der Waals surface area contributed by atoms with E-state index in [9.17, 15) is 23.1 Å². The van der Waals surface area contributed by atoms with Crippen LogP contribution in [0.25, 0.3) is 17.0 Å². The van der Waals surface area contributed by atoms with E-state index in [0.29, 0.717) is 28.6 Å². The Morgan fingerprint density at radius 3 is 2.31 bits per heavy atom. The van der Waals surface area contributed by atoms with Crippen molar-refractivity contribution in [3.63, 3.8) is 0 Å². The highest BCUT2D eigenvalue weighted by atomic mass is 32.2. The van der Waals surface area contributed by atoms with Gasteiger partial charge in [-0.05, 0) is 80.1 Å². The summed E-state index contributed by atoms with van der Waals surface area (Å²) in [6.45, 7) is 11.2. The maximum atomic E-state index is 13.4. The largest absolute Gasteiger partial charge is 0.480 e. The van der Waals surface area contributed by atoms with Crippen LogP contribution in [0.5, 0.6) is 0 Å². The number of sulfonamides is 1. The molecule has 0 radical (unpaired) electrons. The maximum absolute atomic E-state index is 13.4. The van der Waals surface area contributed by atoms with E-state index in [2.05, 4.69) is 30.3 Å². The van der Waals surface area contributed by atoms with Crippen LogP contribution < -0.4 is 20.9 Å². The molecule has 5 N–H and O–H groups in total. The Kier molecular flexibility index (Phi) is 11.2. The zero-order valence-corrected chi connectivity index (χ0v) is 24.0. The van der Waals surface area contributed by atoms with Crippen molar-refractivity contribution in [3.05, 3.63) is 73.8 Å². The first-order valence-electron chi connectivity index (χ1n) is 12.9. The molecule has 1 aliphatic rings. The van der Waals surface area contributed by atoms with E-state index in [1.165, 1.54) is 0 Å². The van der Waals surface area contributed by atoms with Crippen LogP contribution in [0.2, 0.25) is 0 Å². The molecular weight excluding hydrogens is 556 g/mol. The summed E-state index contributed by atoms with van der Waals surface area (Å²) in [6, 6.07) is 3.62. The third-order valence-corrected chi connectivity index (χ3v) is 9.09. The number of carboxylic acid groups (broad SMARTS) is 1. The predicted octanol–water partition coefficient (Wildman–Crippen LogP) is 3.27. The summed E-state index contributed by atoms with van der Waals surface area (Å²) in [7, 11) is -4.20. The lowest BCUT2D eigenvalue weighted by molar-refractivity contribution is -0.139. The van der Waals surface area contributed by atoms with Crippen LogP contribution in [0, 0.1) is 34.6 Å². The number of aromatic amines is 1. The lowest BCUT2D eigenvalue weighted by Crippen LogP contribution is -2.43. The highest BCUT2D eigenvalue weighted by molar-refractivity contribution is 7.89. The quantitative estimate of drug-likeness (QED) is 0.250. The summed E-state index contributed by atoms with van der Waals surface area (Å²) >= 11 is 0. The predicted molar refractivity (Wildman–Crippen MR) is 169 cm³/mol. The van der Waals surface area contributed by atoms with E-state index >= 15 is 0 Å². The first kappa shape index (κ1) is 34.2. The van der Waals surface area contributed by atoms with Gasteiger partial charge in [0.2, 0.25) is 10.0 Å². The second-order valence-electron chi connectivity index (χ2n) is 9.90. The molecule has 0 aliphatic carbocycles. The third kappa shape index (κ3) is 7.24. The van der Waals surface area contributed by atoms with E-state index in [0.717, 1.165) is 41.3 Å². The number of hydrogen-bond donors (Lipinski definition) is 5. The minimum atomic E-state index is -4.20. The Morgan fingerprint density at radius 1 is 1.07 bits per heavy atom. The highest BCUT2D eigenvalue weighted by Crippen LogP contribution is 2.29. The van der Waals surface area contributed by atoms with E-state index < -0.39 is 27.6 Å². The number of nitrogens with one attached hydrogen (secondary N) is 4. The molecule has 0 bridgehead atoms. The number of hydrogen-bond acceptors (Lipinski definition) is 8. The number of aliphatic carboxylic acids is 1. The van der Waals surface area contributed by atoms with Gasteiger partial charge < -0.3 is 20.7 Å². The summed E-state index contributed by atoms with van der Waals surface area (Å²) in [5.41, 5.74) is 4.53. The Bertz CT molecular complexity index is 1680. The zero-order valence-electron chi connectivity index (χ0n) is 23.2. The lowest BCUT2D eigenvalue weighted by atomic mass is 9.95. The van der Waals surface area contributed by atoms with Gasteiger partial charge in [-0.2, -0.15) is 4.72 Å². The van der Waals surface area contributed by atoms with Crippen molar-refractivity contribution >= 4 is 38.9 Å². The number of aliphatic imine (C=N–C) groups is 1. The fraction of sp³-hybridized carbons (Fsp3) is 0.400. The van der Waals surface area contributed by atoms with Crippen molar-refractivity contribution in [1.82, 2.24) is 25.3 Å². The summed E-state index contributed by atoms with van der Waals surface area (Å²) in [4.78, 5) is 36.3. The Balaban J connectivity index is 0.00000308. The number of carbonyl (C=O) groups is 1. The van der Waals surface area contributed by atoms with Gasteiger partial charge in [0.15, 0.2) is 5.96 Å². The second-order valence-corrected chi connectivity index (χ2v) is 11.6. The van der Waals surface area contributed by atoms with Gasteiger partial charge >= 0.3 is 5.97 Å². The first-order chi connectivity index (χ1) is 18.9. The topological polar surface area (TPSA) is 166 Å². The van der Waals surface area contributed by atoms with Gasteiger partial charge in [0.1, 0.15) is 11.9 Å². The number of benzene rings is 2. The van der Waals surface area contributed by atoms with Crippen LogP contribution in [0.1, 0.15) is 54.1 Å². The summed E-state index contributed by atoms with van der Waals surface area (Å²) in [6.07, 6.45) is 3.43. The molecule has 3 aromatic rings. The highest BCUT2D eigenvalue weighted by Gasteiger charge is 2.30. The molecule has 1 atom stereocenters. The van der Waals surface area contributed by atoms with Crippen LogP contribution in [-0.4, -0.2) is 61.1 Å². The van der Waals surface area contributed by atoms with Crippen LogP contribution in [0.15, 0.2) is 39.0 Å². The van der Waals surface area contributed by atoms with Gasteiger partial charge in [0.05, 0.1) is 22.3 Å². The molecule has 1 aliphatic heterocycles. The molecule has 0 saturated heterocycles. The standard InChI is InChI=1S/C28H34N6O5S.2CH4/c1-15-16(2)18(4)25(19(5)17(15)3)40(38,39)34-23(27(36)37)14-24-32-22-9-8-20(13-21(22)26(35)33-24)7-6-10-29-28-30-11-12-31-28;;/h6-9,13,23,34H,10-12,14H2,1-5H3,(H,36,37)(H2,29,30,31)(H,32,33,35);2*1H4/b7-6+;;/t23-;;/m0../s1. The van der Waals surface area contributed by atoms with Crippen molar-refractivity contribution in [2.45, 2.75) is 66.8 Å². The monoisotopic (exact) mass is 598 g/mol. The fourth-order valence-electron chi connectivity index (χ4n) is 4.76. The van der Waals surface area contributed by atoms with Crippen LogP contribution in [0.3, 0.4) is 0 Å². The number of guanidine groups is 1. The first-order valence-corrected chi connectivity index (χ1v) is 14.4. The molecule has 4 rings (SSSR count). The average molecular weight is 599 g/mol. The Hall–Kier alpha value is -4.03. The summed E-state index contributed by atoms with van der Waals surface area (Å²) in [5.74, 6) is -0.558. The maximum Gasteiger partial charge on any atom is 0.322 e. The molecule has 42 heavy (non-hydrogen) atoms. The van der Waals surface area contributed by atoms with E-state index in [1.54, 1.807) is 32.0 Å². The number of nitrogens with zero attached hydrogens (tertiary/aromatic N) is 2. The van der Waals surface area contributed by atoms with E-state index in [4.69, 9.17) is 0 Å². The Labute approximate surface area is 247 Å². The molecule has 2 heterocycles. The van der Waals surface area contributed by atoms with E-state index in [-0.39, 0.29) is 32.0 Å². The van der Waals surface area contributed by atoms with Crippen molar-refractivity contribution in [2.75, 3.05) is 19.6 Å². The molecule has 0 fully saturated rings. The number of fused-ring (bicyclic) bond motifs is 1. The normalized spacial score (nSPS) is 13.7. The number of rotatable bonds is 9. The third-order valence-electron chi connectivity index (χ3n) is 7.34. The van der Waals surface area contributed by atoms with Crippen molar-refractivity contribution in [2.24, 2.45) is 4.99 Å². The number of aromatic nitrogens is 2. The van der Waals surface area contributed by atoms with Crippen LogP contribution >= 0.6 is 0 Å². The minimum absolute atomic E-state index is 0. The summed E-state index contributed by atoms with van der Waals surface area (Å²) < 4.78 is 29.1. The summed E-state index contributed by atoms with van der Waals surface area (Å²) in [5, 5.41) is 16.5.